The topological polar surface area (TPSA) is 37.3 Å². The molecule has 0 spiro atoms. The molecule has 13 heavy (non-hydrogen) atoms. The summed E-state index contributed by atoms with van der Waals surface area (Å²) >= 11 is 4.97. The van der Waals surface area contributed by atoms with Crippen LogP contribution in [0.3, 0.4) is 0 Å². The average molecular weight is 259 g/mol. The fourth-order valence-electron chi connectivity index (χ4n) is 1.39. The molecule has 1 unspecified atom stereocenters. The molecule has 0 aliphatic carbocycles. The minimum absolute atomic E-state index is 0.326. The van der Waals surface area contributed by atoms with Crippen molar-refractivity contribution < 1.29 is 9.90 Å². The first-order valence-electron chi connectivity index (χ1n) is 3.83. The Morgan fingerprint density at radius 1 is 1.62 bits per heavy atom. The molecule has 0 radical (unpaired) electrons. The largest absolute Gasteiger partial charge is 0.481 e. The van der Waals surface area contributed by atoms with Gasteiger partial charge in [0.1, 0.15) is 0 Å². The van der Waals surface area contributed by atoms with Crippen molar-refractivity contribution in [2.45, 2.75) is 10.8 Å². The molecule has 0 fully saturated rings. The molecule has 0 amide bonds. The van der Waals surface area contributed by atoms with E-state index >= 15 is 0 Å². The van der Waals surface area contributed by atoms with Gasteiger partial charge in [0.15, 0.2) is 0 Å². The van der Waals surface area contributed by atoms with Gasteiger partial charge in [-0.15, -0.1) is 11.8 Å². The number of thioether (sulfide) groups is 1. The van der Waals surface area contributed by atoms with Crippen LogP contribution >= 0.6 is 27.7 Å². The molecule has 1 heterocycles. The molecule has 1 atom stereocenters. The number of rotatable bonds is 1. The maximum Gasteiger partial charge on any atom is 0.311 e. The number of carbonyl (C=O) groups is 1. The molecule has 2 rings (SSSR count). The minimum Gasteiger partial charge on any atom is -0.481 e. The Bertz CT molecular complexity index is 365. The Labute approximate surface area is 88.5 Å². The zero-order chi connectivity index (χ0) is 9.42. The van der Waals surface area contributed by atoms with E-state index in [4.69, 9.17) is 5.11 Å². The summed E-state index contributed by atoms with van der Waals surface area (Å²) in [4.78, 5) is 11.9. The highest BCUT2D eigenvalue weighted by Crippen LogP contribution is 2.40. The van der Waals surface area contributed by atoms with Crippen molar-refractivity contribution in [1.82, 2.24) is 0 Å². The van der Waals surface area contributed by atoms with Crippen molar-refractivity contribution in [3.63, 3.8) is 0 Å². The van der Waals surface area contributed by atoms with Crippen molar-refractivity contribution in [3.05, 3.63) is 28.2 Å². The Hall–Kier alpha value is -0.480. The van der Waals surface area contributed by atoms with Gasteiger partial charge in [-0.3, -0.25) is 4.79 Å². The normalized spacial score (nSPS) is 19.9. The number of fused-ring (bicyclic) bond motifs is 1. The van der Waals surface area contributed by atoms with Crippen molar-refractivity contribution in [3.8, 4) is 0 Å². The Morgan fingerprint density at radius 3 is 3.08 bits per heavy atom. The molecular formula is C9H7BrO2S. The fraction of sp³-hybridized carbons (Fsp3) is 0.222. The third kappa shape index (κ3) is 1.60. The fourth-order valence-corrected chi connectivity index (χ4v) is 3.16. The number of hydrogen-bond acceptors (Lipinski definition) is 2. The smallest absolute Gasteiger partial charge is 0.311 e. The van der Waals surface area contributed by atoms with Crippen LogP contribution in [0.4, 0.5) is 0 Å². The SMILES string of the molecule is O=C(O)C1CSc2cc(Br)ccc21. The molecule has 0 saturated heterocycles. The van der Waals surface area contributed by atoms with Gasteiger partial charge in [0, 0.05) is 15.1 Å². The van der Waals surface area contributed by atoms with Crippen molar-refractivity contribution >= 4 is 33.7 Å². The lowest BCUT2D eigenvalue weighted by molar-refractivity contribution is -0.138. The first kappa shape index (κ1) is 9.09. The standard InChI is InChI=1S/C9H7BrO2S/c10-5-1-2-6-7(9(11)12)4-13-8(6)3-5/h1-3,7H,4H2,(H,11,12). The highest BCUT2D eigenvalue weighted by molar-refractivity contribution is 9.10. The van der Waals surface area contributed by atoms with Crippen LogP contribution in [0.5, 0.6) is 0 Å². The summed E-state index contributed by atoms with van der Waals surface area (Å²) in [6, 6.07) is 5.75. The summed E-state index contributed by atoms with van der Waals surface area (Å²) in [5.74, 6) is -0.400. The van der Waals surface area contributed by atoms with Gasteiger partial charge >= 0.3 is 5.97 Å². The summed E-state index contributed by atoms with van der Waals surface area (Å²) in [7, 11) is 0. The highest BCUT2D eigenvalue weighted by Gasteiger charge is 2.28. The lowest BCUT2D eigenvalue weighted by Crippen LogP contribution is -2.10. The van der Waals surface area contributed by atoms with E-state index in [1.165, 1.54) is 0 Å². The van der Waals surface area contributed by atoms with Crippen LogP contribution in [0.2, 0.25) is 0 Å². The number of carboxylic acids is 1. The predicted molar refractivity (Wildman–Crippen MR) is 55.2 cm³/mol. The van der Waals surface area contributed by atoms with Crippen LogP contribution in [-0.4, -0.2) is 16.8 Å². The Morgan fingerprint density at radius 2 is 2.38 bits per heavy atom. The third-order valence-corrected chi connectivity index (χ3v) is 3.71. The molecule has 1 N–H and O–H groups in total. The van der Waals surface area contributed by atoms with Gasteiger partial charge in [0.2, 0.25) is 0 Å². The van der Waals surface area contributed by atoms with Crippen LogP contribution in [0.15, 0.2) is 27.6 Å². The molecule has 0 aromatic heterocycles. The number of halogens is 1. The van der Waals surface area contributed by atoms with E-state index < -0.39 is 5.97 Å². The summed E-state index contributed by atoms with van der Waals surface area (Å²) in [6.07, 6.45) is 0. The molecular weight excluding hydrogens is 252 g/mol. The second kappa shape index (κ2) is 3.35. The predicted octanol–water partition coefficient (Wildman–Crippen LogP) is 2.72. The van der Waals surface area contributed by atoms with Crippen molar-refractivity contribution in [2.24, 2.45) is 0 Å². The maximum atomic E-state index is 10.8. The number of benzene rings is 1. The van der Waals surface area contributed by atoms with Gasteiger partial charge in [0.05, 0.1) is 5.92 Å². The zero-order valence-electron chi connectivity index (χ0n) is 6.66. The zero-order valence-corrected chi connectivity index (χ0v) is 9.06. The number of hydrogen-bond donors (Lipinski definition) is 1. The summed E-state index contributed by atoms with van der Waals surface area (Å²) in [5, 5.41) is 8.90. The molecule has 1 aromatic carbocycles. The Balaban J connectivity index is 2.44. The van der Waals surface area contributed by atoms with E-state index in [-0.39, 0.29) is 5.92 Å². The first-order valence-corrected chi connectivity index (χ1v) is 5.61. The molecule has 0 bridgehead atoms. The molecule has 4 heteroatoms. The molecule has 68 valence electrons. The molecule has 0 saturated carbocycles. The molecule has 1 aromatic rings. The van der Waals surface area contributed by atoms with Crippen LogP contribution in [0.25, 0.3) is 0 Å². The van der Waals surface area contributed by atoms with Crippen molar-refractivity contribution in [1.29, 1.82) is 0 Å². The minimum atomic E-state index is -0.728. The van der Waals surface area contributed by atoms with Gasteiger partial charge in [-0.1, -0.05) is 22.0 Å². The number of carboxylic acid groups (broad SMARTS) is 1. The quantitative estimate of drug-likeness (QED) is 0.842. The molecule has 1 aliphatic heterocycles. The second-order valence-corrected chi connectivity index (χ2v) is 4.86. The second-order valence-electron chi connectivity index (χ2n) is 2.88. The van der Waals surface area contributed by atoms with E-state index in [0.717, 1.165) is 14.9 Å². The lowest BCUT2D eigenvalue weighted by atomic mass is 10.0. The van der Waals surface area contributed by atoms with E-state index in [1.807, 2.05) is 18.2 Å². The van der Waals surface area contributed by atoms with Crippen LogP contribution in [0.1, 0.15) is 11.5 Å². The number of aliphatic carboxylic acids is 1. The van der Waals surface area contributed by atoms with E-state index in [0.29, 0.717) is 5.75 Å². The van der Waals surface area contributed by atoms with Gasteiger partial charge in [0.25, 0.3) is 0 Å². The van der Waals surface area contributed by atoms with E-state index in [2.05, 4.69) is 15.9 Å². The van der Waals surface area contributed by atoms with Crippen molar-refractivity contribution in [2.75, 3.05) is 5.75 Å². The lowest BCUT2D eigenvalue weighted by Gasteiger charge is -2.03. The van der Waals surface area contributed by atoms with E-state index in [1.54, 1.807) is 11.8 Å². The van der Waals surface area contributed by atoms with Crippen LogP contribution in [0, 0.1) is 0 Å². The first-order chi connectivity index (χ1) is 6.18. The third-order valence-electron chi connectivity index (χ3n) is 2.05. The highest BCUT2D eigenvalue weighted by atomic mass is 79.9. The summed E-state index contributed by atoms with van der Waals surface area (Å²) < 4.78 is 1.00. The molecule has 1 aliphatic rings. The Kier molecular flexibility index (Phi) is 2.34. The molecule has 2 nitrogen and oxygen atoms in total. The maximum absolute atomic E-state index is 10.8. The van der Waals surface area contributed by atoms with Crippen LogP contribution in [-0.2, 0) is 4.79 Å². The monoisotopic (exact) mass is 258 g/mol. The van der Waals surface area contributed by atoms with Gasteiger partial charge < -0.3 is 5.11 Å². The van der Waals surface area contributed by atoms with Gasteiger partial charge in [-0.2, -0.15) is 0 Å². The average Bonchev–Trinajstić information content (AvgIpc) is 2.46. The summed E-state index contributed by atoms with van der Waals surface area (Å²) in [5.41, 5.74) is 0.945. The summed E-state index contributed by atoms with van der Waals surface area (Å²) in [6.45, 7) is 0. The van der Waals surface area contributed by atoms with Gasteiger partial charge in [-0.05, 0) is 17.7 Å². The van der Waals surface area contributed by atoms with Gasteiger partial charge in [-0.25, -0.2) is 0 Å². The van der Waals surface area contributed by atoms with Crippen LogP contribution < -0.4 is 0 Å². The van der Waals surface area contributed by atoms with E-state index in [9.17, 15) is 4.79 Å².